The van der Waals surface area contributed by atoms with Crippen molar-refractivity contribution in [3.05, 3.63) is 34.2 Å². The lowest BCUT2D eigenvalue weighted by atomic mass is 10.0. The summed E-state index contributed by atoms with van der Waals surface area (Å²) in [7, 11) is 0. The second-order valence-corrected chi connectivity index (χ2v) is 5.07. The Morgan fingerprint density at radius 1 is 1.19 bits per heavy atom. The van der Waals surface area contributed by atoms with E-state index in [0.29, 0.717) is 12.2 Å². The minimum Gasteiger partial charge on any atom is -0.342 e. The van der Waals surface area contributed by atoms with Gasteiger partial charge in [-0.3, -0.25) is 9.59 Å². The van der Waals surface area contributed by atoms with Gasteiger partial charge in [-0.1, -0.05) is 0 Å². The Hall–Kier alpha value is -1.58. The Balaban J connectivity index is 2.46. The third-order valence-corrected chi connectivity index (χ3v) is 2.85. The number of pyridine rings is 1. The van der Waals surface area contributed by atoms with Crippen LogP contribution in [0.15, 0.2) is 23.1 Å². The zero-order valence-corrected chi connectivity index (χ0v) is 9.86. The average Bonchev–Trinajstić information content (AvgIpc) is 2.17. The Morgan fingerprint density at radius 3 is 2.50 bits per heavy atom. The second-order valence-electron chi connectivity index (χ2n) is 5.07. The summed E-state index contributed by atoms with van der Waals surface area (Å²) in [5.74, 6) is -0.0588. The SMILES string of the molecule is CC(C)(C)N1CCn2ccc(=O)cc2C1=O. The van der Waals surface area contributed by atoms with Crippen molar-refractivity contribution in [3.8, 4) is 0 Å². The van der Waals surface area contributed by atoms with Crippen molar-refractivity contribution in [2.45, 2.75) is 32.9 Å². The molecule has 2 heterocycles. The van der Waals surface area contributed by atoms with Gasteiger partial charge in [0.25, 0.3) is 5.91 Å². The first-order chi connectivity index (χ1) is 7.39. The maximum atomic E-state index is 12.2. The third-order valence-electron chi connectivity index (χ3n) is 2.85. The Kier molecular flexibility index (Phi) is 2.37. The number of carbonyl (C=O) groups excluding carboxylic acids is 1. The van der Waals surface area contributed by atoms with Crippen molar-refractivity contribution in [2.24, 2.45) is 0 Å². The molecule has 0 bridgehead atoms. The fourth-order valence-corrected chi connectivity index (χ4v) is 1.98. The molecule has 86 valence electrons. The van der Waals surface area contributed by atoms with E-state index in [4.69, 9.17) is 0 Å². The molecular weight excluding hydrogens is 204 g/mol. The van der Waals surface area contributed by atoms with Crippen LogP contribution in [0.3, 0.4) is 0 Å². The molecule has 1 aliphatic heterocycles. The van der Waals surface area contributed by atoms with Gasteiger partial charge in [-0.25, -0.2) is 0 Å². The van der Waals surface area contributed by atoms with E-state index < -0.39 is 0 Å². The molecule has 0 saturated carbocycles. The van der Waals surface area contributed by atoms with Crippen molar-refractivity contribution >= 4 is 5.91 Å². The van der Waals surface area contributed by atoms with Crippen molar-refractivity contribution in [1.29, 1.82) is 0 Å². The molecule has 4 nitrogen and oxygen atoms in total. The standard InChI is InChI=1S/C12H16N2O2/c1-12(2,3)14-7-6-13-5-4-9(15)8-10(13)11(14)16/h4-5,8H,6-7H2,1-3H3. The Labute approximate surface area is 94.5 Å². The summed E-state index contributed by atoms with van der Waals surface area (Å²) < 4.78 is 1.84. The predicted octanol–water partition coefficient (Wildman–Crippen LogP) is 1.10. The smallest absolute Gasteiger partial charge is 0.271 e. The maximum Gasteiger partial charge on any atom is 0.271 e. The molecule has 1 amide bonds. The van der Waals surface area contributed by atoms with Gasteiger partial charge in [0.15, 0.2) is 5.43 Å². The first-order valence-electron chi connectivity index (χ1n) is 5.42. The first kappa shape index (κ1) is 10.9. The molecule has 0 fully saturated rings. The van der Waals surface area contributed by atoms with E-state index in [9.17, 15) is 9.59 Å². The number of carbonyl (C=O) groups is 1. The van der Waals surface area contributed by atoms with Crippen LogP contribution in [0.2, 0.25) is 0 Å². The van der Waals surface area contributed by atoms with Gasteiger partial charge >= 0.3 is 0 Å². The van der Waals surface area contributed by atoms with E-state index in [2.05, 4.69) is 0 Å². The number of hydrogen-bond acceptors (Lipinski definition) is 2. The molecule has 0 radical (unpaired) electrons. The summed E-state index contributed by atoms with van der Waals surface area (Å²) in [6.07, 6.45) is 1.69. The van der Waals surface area contributed by atoms with Gasteiger partial charge in [0.2, 0.25) is 0 Å². The zero-order chi connectivity index (χ0) is 11.9. The van der Waals surface area contributed by atoms with Gasteiger partial charge in [-0.05, 0) is 20.8 Å². The summed E-state index contributed by atoms with van der Waals surface area (Å²) in [6.45, 7) is 7.45. The Morgan fingerprint density at radius 2 is 1.88 bits per heavy atom. The predicted molar refractivity (Wildman–Crippen MR) is 61.5 cm³/mol. The van der Waals surface area contributed by atoms with Crippen LogP contribution < -0.4 is 5.43 Å². The highest BCUT2D eigenvalue weighted by Crippen LogP contribution is 2.20. The van der Waals surface area contributed by atoms with Gasteiger partial charge in [-0.15, -0.1) is 0 Å². The molecule has 0 aromatic carbocycles. The van der Waals surface area contributed by atoms with Crippen molar-refractivity contribution in [1.82, 2.24) is 9.47 Å². The van der Waals surface area contributed by atoms with Crippen molar-refractivity contribution in [3.63, 3.8) is 0 Å². The van der Waals surface area contributed by atoms with E-state index in [1.54, 1.807) is 6.20 Å². The minimum absolute atomic E-state index is 0.0588. The molecule has 0 unspecified atom stereocenters. The number of nitrogens with zero attached hydrogens (tertiary/aromatic N) is 2. The molecule has 0 N–H and O–H groups in total. The molecule has 0 aliphatic carbocycles. The topological polar surface area (TPSA) is 42.3 Å². The third kappa shape index (κ3) is 1.75. The average molecular weight is 220 g/mol. The zero-order valence-electron chi connectivity index (χ0n) is 9.86. The van der Waals surface area contributed by atoms with Gasteiger partial charge in [0.1, 0.15) is 5.69 Å². The van der Waals surface area contributed by atoms with Gasteiger partial charge < -0.3 is 9.47 Å². The highest BCUT2D eigenvalue weighted by atomic mass is 16.2. The number of fused-ring (bicyclic) bond motifs is 1. The van der Waals surface area contributed by atoms with Crippen molar-refractivity contribution in [2.75, 3.05) is 6.54 Å². The lowest BCUT2D eigenvalue weighted by Gasteiger charge is -2.39. The quantitative estimate of drug-likeness (QED) is 0.657. The molecule has 0 spiro atoms. The fraction of sp³-hybridized carbons (Fsp3) is 0.500. The van der Waals surface area contributed by atoms with E-state index >= 15 is 0 Å². The van der Waals surface area contributed by atoms with Crippen LogP contribution >= 0.6 is 0 Å². The second kappa shape index (κ2) is 3.47. The summed E-state index contributed by atoms with van der Waals surface area (Å²) in [5, 5.41) is 0. The van der Waals surface area contributed by atoms with Crippen LogP contribution in [0.25, 0.3) is 0 Å². The number of amides is 1. The van der Waals surface area contributed by atoms with Crippen molar-refractivity contribution < 1.29 is 4.79 Å². The van der Waals surface area contributed by atoms with Gasteiger partial charge in [0.05, 0.1) is 0 Å². The fourth-order valence-electron chi connectivity index (χ4n) is 1.98. The van der Waals surface area contributed by atoms with Gasteiger partial charge in [0, 0.05) is 37.0 Å². The number of aromatic nitrogens is 1. The van der Waals surface area contributed by atoms with E-state index in [-0.39, 0.29) is 16.9 Å². The summed E-state index contributed by atoms with van der Waals surface area (Å²) in [6, 6.07) is 2.91. The van der Waals surface area contributed by atoms with Crippen LogP contribution in [0.4, 0.5) is 0 Å². The highest BCUT2D eigenvalue weighted by molar-refractivity contribution is 5.93. The number of rotatable bonds is 0. The molecule has 1 aliphatic rings. The van der Waals surface area contributed by atoms with Crippen LogP contribution in [0, 0.1) is 0 Å². The van der Waals surface area contributed by atoms with E-state index in [1.165, 1.54) is 12.1 Å². The first-order valence-corrected chi connectivity index (χ1v) is 5.42. The van der Waals surface area contributed by atoms with Crippen LogP contribution in [0.1, 0.15) is 31.3 Å². The summed E-state index contributed by atoms with van der Waals surface area (Å²) in [5.41, 5.74) is 0.179. The van der Waals surface area contributed by atoms with Gasteiger partial charge in [-0.2, -0.15) is 0 Å². The van der Waals surface area contributed by atoms with E-state index in [1.807, 2.05) is 30.2 Å². The molecule has 2 rings (SSSR count). The van der Waals surface area contributed by atoms with Crippen LogP contribution in [-0.2, 0) is 6.54 Å². The van der Waals surface area contributed by atoms with E-state index in [0.717, 1.165) is 6.54 Å². The largest absolute Gasteiger partial charge is 0.342 e. The van der Waals surface area contributed by atoms with Crippen LogP contribution in [-0.4, -0.2) is 27.5 Å². The normalized spacial score (nSPS) is 16.2. The lowest BCUT2D eigenvalue weighted by Crippen LogP contribution is -2.51. The lowest BCUT2D eigenvalue weighted by molar-refractivity contribution is 0.0512. The molecule has 4 heteroatoms. The van der Waals surface area contributed by atoms with Crippen LogP contribution in [0.5, 0.6) is 0 Å². The molecule has 0 atom stereocenters. The maximum absolute atomic E-state index is 12.2. The molecule has 1 aromatic heterocycles. The molecule has 0 saturated heterocycles. The molecular formula is C12H16N2O2. The molecule has 1 aromatic rings. The number of hydrogen-bond donors (Lipinski definition) is 0. The minimum atomic E-state index is -0.200. The Bertz CT molecular complexity index is 483. The summed E-state index contributed by atoms with van der Waals surface area (Å²) >= 11 is 0. The monoisotopic (exact) mass is 220 g/mol. The molecule has 16 heavy (non-hydrogen) atoms. The summed E-state index contributed by atoms with van der Waals surface area (Å²) in [4.78, 5) is 25.2. The highest BCUT2D eigenvalue weighted by Gasteiger charge is 2.31.